The van der Waals surface area contributed by atoms with E-state index in [-0.39, 0.29) is 20.1 Å². The largest absolute Gasteiger partial charge is 3.00 e. The first-order valence-electron chi connectivity index (χ1n) is 3.93. The fourth-order valence-electron chi connectivity index (χ4n) is 1.14. The third-order valence-electron chi connectivity index (χ3n) is 1.73. The normalized spacial score (nSPS) is 8.92. The first-order chi connectivity index (χ1) is 5.97. The fourth-order valence-corrected chi connectivity index (χ4v) is 1.14. The molecular weight excluding hydrogens is 338 g/mol. The molecule has 13 heavy (non-hydrogen) atoms. The monoisotopic (exact) mass is 348 g/mol. The van der Waals surface area contributed by atoms with Gasteiger partial charge in [-0.2, -0.15) is 0 Å². The molecule has 0 bridgehead atoms. The third kappa shape index (κ3) is 2.48. The van der Waals surface area contributed by atoms with Gasteiger partial charge in [0.2, 0.25) is 0 Å². The zero-order valence-corrected chi connectivity index (χ0v) is 9.37. The molecule has 1 heterocycles. The van der Waals surface area contributed by atoms with Gasteiger partial charge in [0, 0.05) is 11.8 Å². The van der Waals surface area contributed by atoms with Crippen LogP contribution < -0.4 is 0 Å². The molecule has 0 unspecified atom stereocenters. The van der Waals surface area contributed by atoms with Crippen LogP contribution in [0, 0.1) is 0 Å². The molecule has 2 rings (SSSR count). The minimum atomic E-state index is 0. The average Bonchev–Trinajstić information content (AvgIpc) is 2.21. The maximum absolute atomic E-state index is 4.25. The van der Waals surface area contributed by atoms with E-state index >= 15 is 0 Å². The van der Waals surface area contributed by atoms with E-state index in [9.17, 15) is 0 Å². The van der Waals surface area contributed by atoms with E-state index in [0.717, 1.165) is 11.3 Å². The molecule has 0 aliphatic rings. The molecule has 64 valence electrons. The SMILES string of the molecule is [Ir+3].c1ccc(-c2ccccn2)cc1. The first-order valence-corrected chi connectivity index (χ1v) is 3.93. The Hall–Kier alpha value is -0.981. The van der Waals surface area contributed by atoms with Gasteiger partial charge in [0.25, 0.3) is 0 Å². The van der Waals surface area contributed by atoms with Crippen LogP contribution >= 0.6 is 0 Å². The van der Waals surface area contributed by atoms with Crippen molar-refractivity contribution in [2.75, 3.05) is 0 Å². The summed E-state index contributed by atoms with van der Waals surface area (Å²) >= 11 is 0. The van der Waals surface area contributed by atoms with Gasteiger partial charge in [-0.1, -0.05) is 36.4 Å². The van der Waals surface area contributed by atoms with Crippen LogP contribution in [0.3, 0.4) is 0 Å². The number of nitrogens with zero attached hydrogens (tertiary/aromatic N) is 1. The molecule has 2 heteroatoms. The summed E-state index contributed by atoms with van der Waals surface area (Å²) in [5, 5.41) is 0. The van der Waals surface area contributed by atoms with Crippen molar-refractivity contribution < 1.29 is 20.1 Å². The average molecular weight is 347 g/mol. The van der Waals surface area contributed by atoms with E-state index in [1.807, 2.05) is 42.6 Å². The van der Waals surface area contributed by atoms with E-state index in [0.29, 0.717) is 0 Å². The predicted octanol–water partition coefficient (Wildman–Crippen LogP) is 2.75. The number of benzene rings is 1. The topological polar surface area (TPSA) is 12.9 Å². The number of pyridine rings is 1. The summed E-state index contributed by atoms with van der Waals surface area (Å²) in [5.41, 5.74) is 2.19. The second-order valence-electron chi connectivity index (χ2n) is 2.58. The number of aromatic nitrogens is 1. The van der Waals surface area contributed by atoms with E-state index in [4.69, 9.17) is 0 Å². The van der Waals surface area contributed by atoms with Gasteiger partial charge in [0.1, 0.15) is 0 Å². The Bertz CT molecular complexity index is 307. The molecule has 0 saturated heterocycles. The zero-order valence-electron chi connectivity index (χ0n) is 6.98. The van der Waals surface area contributed by atoms with Crippen LogP contribution in [-0.2, 0) is 20.1 Å². The summed E-state index contributed by atoms with van der Waals surface area (Å²) in [6, 6.07) is 16.1. The van der Waals surface area contributed by atoms with Crippen molar-refractivity contribution in [3.05, 3.63) is 54.7 Å². The zero-order chi connectivity index (χ0) is 8.23. The van der Waals surface area contributed by atoms with Crippen LogP contribution in [-0.4, -0.2) is 4.98 Å². The van der Waals surface area contributed by atoms with Crippen LogP contribution in [0.25, 0.3) is 11.3 Å². The summed E-state index contributed by atoms with van der Waals surface area (Å²) in [5.74, 6) is 0. The van der Waals surface area contributed by atoms with Crippen LogP contribution in [0.4, 0.5) is 0 Å². The van der Waals surface area contributed by atoms with E-state index in [2.05, 4.69) is 17.1 Å². The summed E-state index contributed by atoms with van der Waals surface area (Å²) in [6.45, 7) is 0. The molecule has 0 spiro atoms. The Morgan fingerprint density at radius 1 is 0.769 bits per heavy atom. The van der Waals surface area contributed by atoms with Crippen molar-refractivity contribution in [2.45, 2.75) is 0 Å². The molecule has 0 N–H and O–H groups in total. The molecule has 0 fully saturated rings. The van der Waals surface area contributed by atoms with Gasteiger partial charge in [-0.3, -0.25) is 4.98 Å². The summed E-state index contributed by atoms with van der Waals surface area (Å²) in [7, 11) is 0. The van der Waals surface area contributed by atoms with E-state index in [1.54, 1.807) is 0 Å². The maximum atomic E-state index is 4.25. The van der Waals surface area contributed by atoms with E-state index in [1.165, 1.54) is 0 Å². The van der Waals surface area contributed by atoms with Crippen LogP contribution in [0.1, 0.15) is 0 Å². The third-order valence-corrected chi connectivity index (χ3v) is 1.73. The van der Waals surface area contributed by atoms with Gasteiger partial charge < -0.3 is 0 Å². The van der Waals surface area contributed by atoms with Crippen LogP contribution in [0.2, 0.25) is 0 Å². The molecule has 1 nitrogen and oxygen atoms in total. The molecule has 0 radical (unpaired) electrons. The van der Waals surface area contributed by atoms with Gasteiger partial charge in [0.15, 0.2) is 0 Å². The van der Waals surface area contributed by atoms with Gasteiger partial charge in [0.05, 0.1) is 5.69 Å². The molecule has 2 aromatic rings. The van der Waals surface area contributed by atoms with Gasteiger partial charge in [-0.25, -0.2) is 0 Å². The Kier molecular flexibility index (Phi) is 3.81. The summed E-state index contributed by atoms with van der Waals surface area (Å²) < 4.78 is 0. The quantitative estimate of drug-likeness (QED) is 0.773. The molecular formula is C11H9IrN+3. The molecule has 0 atom stereocenters. The van der Waals surface area contributed by atoms with E-state index < -0.39 is 0 Å². The molecule has 0 saturated carbocycles. The van der Waals surface area contributed by atoms with Crippen molar-refractivity contribution in [2.24, 2.45) is 0 Å². The van der Waals surface area contributed by atoms with Crippen LogP contribution in [0.15, 0.2) is 54.7 Å². The van der Waals surface area contributed by atoms with Crippen LogP contribution in [0.5, 0.6) is 0 Å². The molecule has 1 aromatic carbocycles. The number of hydrogen-bond donors (Lipinski definition) is 0. The first kappa shape index (κ1) is 10.1. The molecule has 0 aliphatic carbocycles. The molecule has 0 aliphatic heterocycles. The van der Waals surface area contributed by atoms with Crippen molar-refractivity contribution in [3.63, 3.8) is 0 Å². The minimum absolute atomic E-state index is 0. The molecule has 1 aromatic heterocycles. The van der Waals surface area contributed by atoms with Crippen molar-refractivity contribution >= 4 is 0 Å². The Morgan fingerprint density at radius 3 is 2.08 bits per heavy atom. The van der Waals surface area contributed by atoms with Gasteiger partial charge in [-0.15, -0.1) is 0 Å². The standard InChI is InChI=1S/C11H9N.Ir/c1-2-6-10(7-3-1)11-8-4-5-9-12-11;/h1-9H;/q;+3. The summed E-state index contributed by atoms with van der Waals surface area (Å²) in [4.78, 5) is 4.25. The fraction of sp³-hybridized carbons (Fsp3) is 0. The van der Waals surface area contributed by atoms with Crippen molar-refractivity contribution in [3.8, 4) is 11.3 Å². The minimum Gasteiger partial charge on any atom is -0.256 e. The van der Waals surface area contributed by atoms with Crippen molar-refractivity contribution in [1.29, 1.82) is 0 Å². The predicted molar refractivity (Wildman–Crippen MR) is 49.7 cm³/mol. The second-order valence-corrected chi connectivity index (χ2v) is 2.58. The van der Waals surface area contributed by atoms with Gasteiger partial charge >= 0.3 is 20.1 Å². The second kappa shape index (κ2) is 4.90. The Balaban J connectivity index is 0.000000845. The Labute approximate surface area is 91.2 Å². The maximum Gasteiger partial charge on any atom is 3.00 e. The number of rotatable bonds is 1. The van der Waals surface area contributed by atoms with Gasteiger partial charge in [-0.05, 0) is 12.1 Å². The molecule has 0 amide bonds. The number of hydrogen-bond acceptors (Lipinski definition) is 1. The summed E-state index contributed by atoms with van der Waals surface area (Å²) in [6.07, 6.45) is 1.81. The smallest absolute Gasteiger partial charge is 0.256 e. The van der Waals surface area contributed by atoms with Crippen molar-refractivity contribution in [1.82, 2.24) is 4.98 Å². The Morgan fingerprint density at radius 2 is 1.46 bits per heavy atom.